The van der Waals surface area contributed by atoms with Crippen LogP contribution in [0.4, 0.5) is 0 Å². The zero-order valence-corrected chi connectivity index (χ0v) is 13.5. The molecule has 0 saturated heterocycles. The summed E-state index contributed by atoms with van der Waals surface area (Å²) in [6.07, 6.45) is 1.49. The number of esters is 1. The van der Waals surface area contributed by atoms with Gasteiger partial charge in [-0.2, -0.15) is 0 Å². The number of hydrogen-bond acceptors (Lipinski definition) is 4. The van der Waals surface area contributed by atoms with E-state index in [-0.39, 0.29) is 24.1 Å². The van der Waals surface area contributed by atoms with E-state index < -0.39 is 0 Å². The van der Waals surface area contributed by atoms with Gasteiger partial charge < -0.3 is 10.1 Å². The van der Waals surface area contributed by atoms with E-state index in [4.69, 9.17) is 11.6 Å². The minimum Gasteiger partial charge on any atom is -0.469 e. The summed E-state index contributed by atoms with van der Waals surface area (Å²) in [7, 11) is 1.33. The number of halogens is 1. The van der Waals surface area contributed by atoms with Gasteiger partial charge in [-0.3, -0.25) is 14.4 Å². The third kappa shape index (κ3) is 6.26. The predicted octanol–water partition coefficient (Wildman–Crippen LogP) is 2.54. The van der Waals surface area contributed by atoms with E-state index in [0.717, 1.165) is 5.56 Å². The SMILES string of the molecule is COC(=O)CCc1cc(Cl)ccc1C(=O)CCCNC(C)=O. The molecule has 0 aromatic heterocycles. The Hall–Kier alpha value is -1.88. The van der Waals surface area contributed by atoms with Gasteiger partial charge in [0.15, 0.2) is 5.78 Å². The maximum absolute atomic E-state index is 12.3. The summed E-state index contributed by atoms with van der Waals surface area (Å²) >= 11 is 5.96. The number of ether oxygens (including phenoxy) is 1. The van der Waals surface area contributed by atoms with E-state index in [1.54, 1.807) is 18.2 Å². The van der Waals surface area contributed by atoms with Crippen molar-refractivity contribution in [1.82, 2.24) is 5.32 Å². The van der Waals surface area contributed by atoms with Gasteiger partial charge in [0.05, 0.1) is 7.11 Å². The highest BCUT2D eigenvalue weighted by Crippen LogP contribution is 2.20. The molecule has 0 radical (unpaired) electrons. The number of carbonyl (C=O) groups is 3. The molecular weight excluding hydrogens is 306 g/mol. The van der Waals surface area contributed by atoms with Gasteiger partial charge >= 0.3 is 5.97 Å². The van der Waals surface area contributed by atoms with Crippen LogP contribution in [-0.4, -0.2) is 31.3 Å². The zero-order chi connectivity index (χ0) is 16.5. The van der Waals surface area contributed by atoms with Crippen molar-refractivity contribution in [3.63, 3.8) is 0 Å². The molecule has 0 spiro atoms. The number of amides is 1. The Kier molecular flexibility index (Phi) is 7.60. The first-order valence-electron chi connectivity index (χ1n) is 7.07. The molecule has 6 heteroatoms. The Morgan fingerprint density at radius 1 is 1.23 bits per heavy atom. The molecule has 1 amide bonds. The first-order valence-corrected chi connectivity index (χ1v) is 7.44. The van der Waals surface area contributed by atoms with Crippen molar-refractivity contribution in [1.29, 1.82) is 0 Å². The quantitative estimate of drug-likeness (QED) is 0.453. The Morgan fingerprint density at radius 2 is 1.95 bits per heavy atom. The molecule has 22 heavy (non-hydrogen) atoms. The van der Waals surface area contributed by atoms with Gasteiger partial charge in [-0.05, 0) is 36.6 Å². The molecule has 0 aliphatic carbocycles. The molecule has 0 aliphatic rings. The number of methoxy groups -OCH3 is 1. The molecule has 1 aromatic carbocycles. The van der Waals surface area contributed by atoms with E-state index in [1.165, 1.54) is 14.0 Å². The van der Waals surface area contributed by atoms with Crippen LogP contribution in [0.5, 0.6) is 0 Å². The van der Waals surface area contributed by atoms with Gasteiger partial charge in [0.2, 0.25) is 5.91 Å². The highest BCUT2D eigenvalue weighted by atomic mass is 35.5. The van der Waals surface area contributed by atoms with Crippen LogP contribution in [0.2, 0.25) is 5.02 Å². The van der Waals surface area contributed by atoms with Crippen molar-refractivity contribution in [2.75, 3.05) is 13.7 Å². The molecule has 120 valence electrons. The molecule has 0 saturated carbocycles. The fourth-order valence-electron chi connectivity index (χ4n) is 2.03. The molecule has 1 N–H and O–H groups in total. The average Bonchev–Trinajstić information content (AvgIpc) is 2.48. The molecule has 0 fully saturated rings. The number of aryl methyl sites for hydroxylation is 1. The van der Waals surface area contributed by atoms with Crippen molar-refractivity contribution in [2.24, 2.45) is 0 Å². The third-order valence-electron chi connectivity index (χ3n) is 3.15. The van der Waals surface area contributed by atoms with Crippen LogP contribution < -0.4 is 5.32 Å². The minimum atomic E-state index is -0.330. The lowest BCUT2D eigenvalue weighted by Gasteiger charge is -2.09. The lowest BCUT2D eigenvalue weighted by atomic mass is 9.97. The van der Waals surface area contributed by atoms with E-state index in [2.05, 4.69) is 10.1 Å². The average molecular weight is 326 g/mol. The molecule has 0 heterocycles. The molecule has 0 atom stereocenters. The molecule has 5 nitrogen and oxygen atoms in total. The smallest absolute Gasteiger partial charge is 0.305 e. The minimum absolute atomic E-state index is 0.0260. The first kappa shape index (κ1) is 18.2. The number of hydrogen-bond donors (Lipinski definition) is 1. The monoisotopic (exact) mass is 325 g/mol. The van der Waals surface area contributed by atoms with Crippen LogP contribution >= 0.6 is 11.6 Å². The second-order valence-electron chi connectivity index (χ2n) is 4.89. The van der Waals surface area contributed by atoms with Crippen LogP contribution in [0.3, 0.4) is 0 Å². The van der Waals surface area contributed by atoms with Crippen molar-refractivity contribution in [3.8, 4) is 0 Å². The molecular formula is C16H20ClNO4. The highest BCUT2D eigenvalue weighted by Gasteiger charge is 2.13. The maximum Gasteiger partial charge on any atom is 0.305 e. The molecule has 1 aromatic rings. The van der Waals surface area contributed by atoms with Gasteiger partial charge in [-0.1, -0.05) is 11.6 Å². The summed E-state index contributed by atoms with van der Waals surface area (Å²) in [6, 6.07) is 5.03. The van der Waals surface area contributed by atoms with Crippen molar-refractivity contribution in [2.45, 2.75) is 32.6 Å². The van der Waals surface area contributed by atoms with E-state index in [1.807, 2.05) is 0 Å². The third-order valence-corrected chi connectivity index (χ3v) is 3.38. The van der Waals surface area contributed by atoms with Crippen LogP contribution in [-0.2, 0) is 20.7 Å². The Balaban J connectivity index is 2.69. The van der Waals surface area contributed by atoms with E-state index in [9.17, 15) is 14.4 Å². The number of ketones is 1. The summed E-state index contributed by atoms with van der Waals surface area (Å²) in [5.74, 6) is -0.469. The maximum atomic E-state index is 12.3. The lowest BCUT2D eigenvalue weighted by Crippen LogP contribution is -2.21. The zero-order valence-electron chi connectivity index (χ0n) is 12.8. The van der Waals surface area contributed by atoms with E-state index in [0.29, 0.717) is 36.4 Å². The Bertz CT molecular complexity index is 557. The fourth-order valence-corrected chi connectivity index (χ4v) is 2.22. The van der Waals surface area contributed by atoms with Crippen LogP contribution in [0.15, 0.2) is 18.2 Å². The van der Waals surface area contributed by atoms with Gasteiger partial charge in [0, 0.05) is 36.9 Å². The number of Topliss-reactive ketones (excluding diaryl/α,β-unsaturated/α-hetero) is 1. The van der Waals surface area contributed by atoms with Crippen molar-refractivity contribution >= 4 is 29.3 Å². The Morgan fingerprint density at radius 3 is 2.59 bits per heavy atom. The standard InChI is InChI=1S/C16H20ClNO4/c1-11(19)18-9-3-4-15(20)14-7-6-13(17)10-12(14)5-8-16(21)22-2/h6-7,10H,3-5,8-9H2,1-2H3,(H,18,19). The largest absolute Gasteiger partial charge is 0.469 e. The second kappa shape index (κ2) is 9.20. The topological polar surface area (TPSA) is 72.5 Å². The van der Waals surface area contributed by atoms with Crippen molar-refractivity contribution in [3.05, 3.63) is 34.3 Å². The van der Waals surface area contributed by atoms with Gasteiger partial charge in [0.1, 0.15) is 0 Å². The first-order chi connectivity index (χ1) is 10.4. The Labute approximate surface area is 135 Å². The van der Waals surface area contributed by atoms with Crippen LogP contribution in [0.1, 0.15) is 42.1 Å². The second-order valence-corrected chi connectivity index (χ2v) is 5.32. The number of rotatable bonds is 8. The van der Waals surface area contributed by atoms with Gasteiger partial charge in [-0.15, -0.1) is 0 Å². The highest BCUT2D eigenvalue weighted by molar-refractivity contribution is 6.30. The predicted molar refractivity (Wildman–Crippen MR) is 84.0 cm³/mol. The molecule has 1 rings (SSSR count). The normalized spacial score (nSPS) is 10.1. The van der Waals surface area contributed by atoms with E-state index >= 15 is 0 Å². The summed E-state index contributed by atoms with van der Waals surface area (Å²) in [4.78, 5) is 34.3. The molecule has 0 aliphatic heterocycles. The van der Waals surface area contributed by atoms with Crippen LogP contribution in [0.25, 0.3) is 0 Å². The molecule has 0 bridgehead atoms. The number of nitrogens with one attached hydrogen (secondary N) is 1. The lowest BCUT2D eigenvalue weighted by molar-refractivity contribution is -0.140. The van der Waals surface area contributed by atoms with Gasteiger partial charge in [0.25, 0.3) is 0 Å². The fraction of sp³-hybridized carbons (Fsp3) is 0.438. The van der Waals surface area contributed by atoms with Crippen molar-refractivity contribution < 1.29 is 19.1 Å². The summed E-state index contributed by atoms with van der Waals surface area (Å²) in [5, 5.41) is 3.17. The van der Waals surface area contributed by atoms with Gasteiger partial charge in [-0.25, -0.2) is 0 Å². The van der Waals surface area contributed by atoms with Crippen LogP contribution in [0, 0.1) is 0 Å². The number of benzene rings is 1. The summed E-state index contributed by atoms with van der Waals surface area (Å²) in [6.45, 7) is 1.90. The summed E-state index contributed by atoms with van der Waals surface area (Å²) < 4.78 is 4.61. The number of carbonyl (C=O) groups excluding carboxylic acids is 3. The summed E-state index contributed by atoms with van der Waals surface area (Å²) in [5.41, 5.74) is 1.30. The molecule has 0 unspecified atom stereocenters.